The van der Waals surface area contributed by atoms with Gasteiger partial charge in [0.05, 0.1) is 6.61 Å². The molecule has 1 fully saturated rings. The van der Waals surface area contributed by atoms with E-state index in [0.717, 1.165) is 64.7 Å². The SMILES string of the molecule is CCCCCCCC(C)(CCCCCC)COP(=O)(N1CCN(CCN(C)C)CC1)C(C)(F)CCCCCC. The molecule has 0 radical (unpaired) electrons. The minimum Gasteiger partial charge on any atom is -0.315 e. The lowest BCUT2D eigenvalue weighted by Gasteiger charge is -2.44. The summed E-state index contributed by atoms with van der Waals surface area (Å²) in [6.07, 6.45) is 17.5. The Labute approximate surface area is 243 Å². The number of likely N-dealkylation sites (N-methyl/N-ethyl adjacent to an activating group) is 1. The number of halogens is 1. The van der Waals surface area contributed by atoms with Gasteiger partial charge in [0.15, 0.2) is 5.41 Å². The molecule has 7 heteroatoms. The molecule has 3 atom stereocenters. The van der Waals surface area contributed by atoms with Crippen molar-refractivity contribution >= 4 is 7.52 Å². The van der Waals surface area contributed by atoms with Gasteiger partial charge in [-0.25, -0.2) is 9.06 Å². The maximum Gasteiger partial charge on any atom is 0.308 e. The molecule has 0 aromatic carbocycles. The van der Waals surface area contributed by atoms with Crippen molar-refractivity contribution < 1.29 is 13.5 Å². The Kier molecular flexibility index (Phi) is 19.0. The monoisotopic (exact) mass is 575 g/mol. The molecular weight excluding hydrogens is 508 g/mol. The normalized spacial score (nSPS) is 20.1. The molecule has 0 saturated carbocycles. The maximum absolute atomic E-state index is 16.6. The highest BCUT2D eigenvalue weighted by atomic mass is 31.2. The summed E-state index contributed by atoms with van der Waals surface area (Å²) in [6.45, 7) is 15.8. The molecule has 0 spiro atoms. The molecule has 1 aliphatic heterocycles. The first-order chi connectivity index (χ1) is 18.5. The van der Waals surface area contributed by atoms with Gasteiger partial charge in [-0.05, 0) is 52.1 Å². The van der Waals surface area contributed by atoms with E-state index in [4.69, 9.17) is 4.52 Å². The molecule has 0 N–H and O–H groups in total. The highest BCUT2D eigenvalue weighted by Crippen LogP contribution is 2.65. The van der Waals surface area contributed by atoms with E-state index < -0.39 is 12.9 Å². The zero-order valence-electron chi connectivity index (χ0n) is 27.2. The topological polar surface area (TPSA) is 36.0 Å². The van der Waals surface area contributed by atoms with Crippen molar-refractivity contribution in [2.24, 2.45) is 5.41 Å². The van der Waals surface area contributed by atoms with Crippen LogP contribution in [0, 0.1) is 5.41 Å². The second-order valence-electron chi connectivity index (χ2n) is 13.1. The van der Waals surface area contributed by atoms with Crippen LogP contribution in [-0.2, 0) is 9.09 Å². The Morgan fingerprint density at radius 3 is 1.69 bits per heavy atom. The Morgan fingerprint density at radius 1 is 0.744 bits per heavy atom. The molecule has 0 aromatic heterocycles. The van der Waals surface area contributed by atoms with Crippen molar-refractivity contribution in [3.63, 3.8) is 0 Å². The molecule has 3 unspecified atom stereocenters. The van der Waals surface area contributed by atoms with Crippen molar-refractivity contribution in [2.75, 3.05) is 60.0 Å². The Hall–Kier alpha value is -0.0000000000000000278. The zero-order chi connectivity index (χ0) is 29.2. The van der Waals surface area contributed by atoms with E-state index >= 15 is 4.39 Å². The van der Waals surface area contributed by atoms with E-state index in [0.29, 0.717) is 26.1 Å². The first-order valence-electron chi connectivity index (χ1n) is 16.6. The lowest BCUT2D eigenvalue weighted by atomic mass is 9.80. The molecule has 0 aliphatic carbocycles. The summed E-state index contributed by atoms with van der Waals surface area (Å²) in [4.78, 5) is 4.60. The molecule has 1 heterocycles. The van der Waals surface area contributed by atoms with Gasteiger partial charge in [-0.2, -0.15) is 0 Å². The van der Waals surface area contributed by atoms with Crippen LogP contribution in [0.3, 0.4) is 0 Å². The van der Waals surface area contributed by atoms with Gasteiger partial charge in [0.2, 0.25) is 0 Å². The second-order valence-corrected chi connectivity index (χ2v) is 15.9. The molecule has 1 saturated heterocycles. The predicted molar refractivity (Wildman–Crippen MR) is 169 cm³/mol. The van der Waals surface area contributed by atoms with E-state index in [1.165, 1.54) is 57.8 Å². The molecule has 0 aromatic rings. The molecule has 5 nitrogen and oxygen atoms in total. The van der Waals surface area contributed by atoms with Gasteiger partial charge in [-0.3, -0.25) is 9.46 Å². The van der Waals surface area contributed by atoms with Crippen LogP contribution in [0.5, 0.6) is 0 Å². The lowest BCUT2D eigenvalue weighted by Crippen LogP contribution is -2.49. The van der Waals surface area contributed by atoms with Gasteiger partial charge < -0.3 is 9.42 Å². The first-order valence-corrected chi connectivity index (χ1v) is 18.2. The van der Waals surface area contributed by atoms with Crippen molar-refractivity contribution in [3.05, 3.63) is 0 Å². The second kappa shape index (κ2) is 20.0. The predicted octanol–water partition coefficient (Wildman–Crippen LogP) is 9.37. The average molecular weight is 576 g/mol. The van der Waals surface area contributed by atoms with E-state index in [2.05, 4.69) is 51.6 Å². The maximum atomic E-state index is 16.6. The van der Waals surface area contributed by atoms with Gasteiger partial charge >= 0.3 is 7.52 Å². The fraction of sp³-hybridized carbons (Fsp3) is 1.00. The summed E-state index contributed by atoms with van der Waals surface area (Å²) in [5, 5.41) is -1.82. The number of piperazine rings is 1. The number of rotatable bonds is 24. The van der Waals surface area contributed by atoms with E-state index in [1.807, 2.05) is 4.67 Å². The Bertz CT molecular complexity index is 655. The third kappa shape index (κ3) is 14.1. The Morgan fingerprint density at radius 2 is 1.21 bits per heavy atom. The van der Waals surface area contributed by atoms with E-state index in [-0.39, 0.29) is 5.41 Å². The minimum atomic E-state index is -3.67. The van der Waals surface area contributed by atoms with Crippen LogP contribution in [0.2, 0.25) is 0 Å². The summed E-state index contributed by atoms with van der Waals surface area (Å²) >= 11 is 0. The summed E-state index contributed by atoms with van der Waals surface area (Å²) in [5.41, 5.74) is -0.0541. The smallest absolute Gasteiger partial charge is 0.308 e. The highest BCUT2D eigenvalue weighted by Gasteiger charge is 2.51. The van der Waals surface area contributed by atoms with Gasteiger partial charge in [0.25, 0.3) is 0 Å². The van der Waals surface area contributed by atoms with Crippen LogP contribution < -0.4 is 0 Å². The van der Waals surface area contributed by atoms with Crippen molar-refractivity contribution in [1.29, 1.82) is 0 Å². The van der Waals surface area contributed by atoms with Gasteiger partial charge in [0.1, 0.15) is 0 Å². The van der Waals surface area contributed by atoms with Gasteiger partial charge in [0, 0.05) is 39.3 Å². The molecule has 39 heavy (non-hydrogen) atoms. The average Bonchev–Trinajstić information content (AvgIpc) is 2.91. The molecule has 234 valence electrons. The van der Waals surface area contributed by atoms with E-state index in [9.17, 15) is 4.57 Å². The van der Waals surface area contributed by atoms with E-state index in [1.54, 1.807) is 6.92 Å². The van der Waals surface area contributed by atoms with Gasteiger partial charge in [-0.15, -0.1) is 0 Å². The molecular formula is C32H67FN3O2P. The van der Waals surface area contributed by atoms with Crippen molar-refractivity contribution in [3.8, 4) is 0 Å². The molecule has 0 bridgehead atoms. The van der Waals surface area contributed by atoms with Crippen molar-refractivity contribution in [2.45, 2.75) is 143 Å². The summed E-state index contributed by atoms with van der Waals surface area (Å²) in [5.74, 6) is 0. The molecule has 1 rings (SSSR count). The first kappa shape index (κ1) is 37.0. The molecule has 0 amide bonds. The van der Waals surface area contributed by atoms with Crippen molar-refractivity contribution in [1.82, 2.24) is 14.5 Å². The number of nitrogens with zero attached hydrogens (tertiary/aromatic N) is 3. The fourth-order valence-corrected chi connectivity index (χ4v) is 8.39. The van der Waals surface area contributed by atoms with Crippen LogP contribution in [0.25, 0.3) is 0 Å². The highest BCUT2D eigenvalue weighted by molar-refractivity contribution is 7.58. The fourth-order valence-electron chi connectivity index (χ4n) is 5.74. The lowest BCUT2D eigenvalue weighted by molar-refractivity contribution is 0.0886. The third-order valence-corrected chi connectivity index (χ3v) is 11.8. The standard InChI is InChI=1S/C32H67FN3O2P/c1-8-11-14-17-19-22-31(4,21-18-15-12-9-2)30-38-39(37,32(5,33)23-20-16-13-10-3)36-28-26-35(27-29-36)25-24-34(6)7/h8-30H2,1-7H3. The summed E-state index contributed by atoms with van der Waals surface area (Å²) in [7, 11) is 0.511. The van der Waals surface area contributed by atoms with Crippen LogP contribution >= 0.6 is 7.52 Å². The number of alkyl halides is 1. The number of unbranched alkanes of at least 4 members (excludes halogenated alkanes) is 10. The zero-order valence-corrected chi connectivity index (χ0v) is 28.1. The third-order valence-electron chi connectivity index (χ3n) is 8.77. The minimum absolute atomic E-state index is 0.0541. The molecule has 1 aliphatic rings. The Balaban J connectivity index is 3.00. The summed E-state index contributed by atoms with van der Waals surface area (Å²) in [6, 6.07) is 0. The largest absolute Gasteiger partial charge is 0.315 e. The van der Waals surface area contributed by atoms with Crippen LogP contribution in [-0.4, -0.2) is 79.9 Å². The van der Waals surface area contributed by atoms with Crippen LogP contribution in [0.4, 0.5) is 4.39 Å². The van der Waals surface area contributed by atoms with Crippen LogP contribution in [0.15, 0.2) is 0 Å². The number of hydrogen-bond donors (Lipinski definition) is 0. The number of hydrogen-bond acceptors (Lipinski definition) is 4. The van der Waals surface area contributed by atoms with Crippen LogP contribution in [0.1, 0.15) is 137 Å². The quantitative estimate of drug-likeness (QED) is 0.0846. The van der Waals surface area contributed by atoms with Gasteiger partial charge in [-0.1, -0.05) is 105 Å². The summed E-state index contributed by atoms with van der Waals surface area (Å²) < 4.78 is 39.8.